The summed E-state index contributed by atoms with van der Waals surface area (Å²) in [5, 5.41) is 0. The Bertz CT molecular complexity index is 526. The molecule has 0 unspecified atom stereocenters. The molecule has 0 spiro atoms. The minimum atomic E-state index is -4.40. The number of alkyl halides is 3. The predicted octanol–water partition coefficient (Wildman–Crippen LogP) is 3.43. The smallest absolute Gasteiger partial charge is 0.399 e. The van der Waals surface area contributed by atoms with E-state index in [2.05, 4.69) is 9.36 Å². The highest BCUT2D eigenvalue weighted by Gasteiger charge is 2.33. The SMILES string of the molecule is Nc1ccc(CSc2ncns2)c(C(F)(F)F)c1. The number of thioether (sulfide) groups is 1. The van der Waals surface area contributed by atoms with Crippen molar-refractivity contribution in [3.05, 3.63) is 35.7 Å². The molecule has 18 heavy (non-hydrogen) atoms. The molecule has 2 rings (SSSR count). The van der Waals surface area contributed by atoms with Crippen LogP contribution in [0.15, 0.2) is 28.9 Å². The van der Waals surface area contributed by atoms with E-state index in [0.29, 0.717) is 4.34 Å². The Morgan fingerprint density at radius 3 is 2.72 bits per heavy atom. The number of benzene rings is 1. The molecule has 1 aromatic carbocycles. The molecule has 1 aromatic heterocycles. The Balaban J connectivity index is 2.22. The Morgan fingerprint density at radius 2 is 2.11 bits per heavy atom. The third kappa shape index (κ3) is 3.14. The molecule has 0 bridgehead atoms. The highest BCUT2D eigenvalue weighted by Crippen LogP contribution is 2.36. The third-order valence-corrected chi connectivity index (χ3v) is 3.98. The van der Waals surface area contributed by atoms with Gasteiger partial charge in [0.05, 0.1) is 5.56 Å². The van der Waals surface area contributed by atoms with Gasteiger partial charge in [0.15, 0.2) is 4.34 Å². The maximum absolute atomic E-state index is 12.8. The second-order valence-electron chi connectivity index (χ2n) is 3.41. The van der Waals surface area contributed by atoms with Crippen LogP contribution in [0.25, 0.3) is 0 Å². The molecule has 0 aliphatic heterocycles. The maximum Gasteiger partial charge on any atom is 0.416 e. The van der Waals surface area contributed by atoms with Gasteiger partial charge in [-0.05, 0) is 29.2 Å². The first-order chi connectivity index (χ1) is 8.47. The summed E-state index contributed by atoms with van der Waals surface area (Å²) in [6.45, 7) is 0. The van der Waals surface area contributed by atoms with E-state index < -0.39 is 11.7 Å². The van der Waals surface area contributed by atoms with Gasteiger partial charge in [-0.2, -0.15) is 17.5 Å². The number of anilines is 1. The van der Waals surface area contributed by atoms with E-state index in [1.54, 1.807) is 0 Å². The first kappa shape index (κ1) is 13.2. The molecule has 0 aliphatic rings. The summed E-state index contributed by atoms with van der Waals surface area (Å²) >= 11 is 2.37. The van der Waals surface area contributed by atoms with Crippen LogP contribution < -0.4 is 5.73 Å². The van der Waals surface area contributed by atoms with Gasteiger partial charge < -0.3 is 5.73 Å². The van der Waals surface area contributed by atoms with Crippen molar-refractivity contribution >= 4 is 29.0 Å². The maximum atomic E-state index is 12.8. The predicted molar refractivity (Wildman–Crippen MR) is 65.3 cm³/mol. The lowest BCUT2D eigenvalue weighted by atomic mass is 10.1. The summed E-state index contributed by atoms with van der Waals surface area (Å²) in [6.07, 6.45) is -3.02. The number of hydrogen-bond acceptors (Lipinski definition) is 5. The fraction of sp³-hybridized carbons (Fsp3) is 0.200. The Labute approximate surface area is 109 Å². The van der Waals surface area contributed by atoms with Gasteiger partial charge in [0.1, 0.15) is 6.33 Å². The van der Waals surface area contributed by atoms with Gasteiger partial charge in [0.25, 0.3) is 0 Å². The summed E-state index contributed by atoms with van der Waals surface area (Å²) in [5.74, 6) is 0.185. The molecular weight excluding hydrogens is 283 g/mol. The summed E-state index contributed by atoms with van der Waals surface area (Å²) in [6, 6.07) is 3.81. The normalized spacial score (nSPS) is 11.7. The minimum absolute atomic E-state index is 0.104. The first-order valence-electron chi connectivity index (χ1n) is 4.82. The number of aromatic nitrogens is 2. The van der Waals surface area contributed by atoms with Gasteiger partial charge in [0, 0.05) is 11.4 Å². The van der Waals surface area contributed by atoms with Crippen molar-refractivity contribution in [1.82, 2.24) is 9.36 Å². The lowest BCUT2D eigenvalue weighted by molar-refractivity contribution is -0.138. The quantitative estimate of drug-likeness (QED) is 0.695. The van der Waals surface area contributed by atoms with Crippen LogP contribution in [-0.2, 0) is 11.9 Å². The largest absolute Gasteiger partial charge is 0.416 e. The first-order valence-corrected chi connectivity index (χ1v) is 6.58. The molecule has 2 aromatic rings. The fourth-order valence-electron chi connectivity index (χ4n) is 1.35. The zero-order valence-electron chi connectivity index (χ0n) is 8.94. The lowest BCUT2D eigenvalue weighted by Gasteiger charge is -2.12. The van der Waals surface area contributed by atoms with E-state index in [4.69, 9.17) is 5.73 Å². The van der Waals surface area contributed by atoms with Crippen LogP contribution in [0.5, 0.6) is 0 Å². The summed E-state index contributed by atoms with van der Waals surface area (Å²) in [4.78, 5) is 3.91. The van der Waals surface area contributed by atoms with Crippen molar-refractivity contribution in [3.8, 4) is 0 Å². The molecule has 0 saturated carbocycles. The van der Waals surface area contributed by atoms with Crippen LogP contribution in [0.3, 0.4) is 0 Å². The van der Waals surface area contributed by atoms with Gasteiger partial charge in [-0.3, -0.25) is 0 Å². The molecule has 1 heterocycles. The van der Waals surface area contributed by atoms with Crippen LogP contribution in [0.1, 0.15) is 11.1 Å². The average Bonchev–Trinajstić information content (AvgIpc) is 2.79. The highest BCUT2D eigenvalue weighted by molar-refractivity contribution is 8.00. The third-order valence-electron chi connectivity index (χ3n) is 2.13. The Kier molecular flexibility index (Phi) is 3.76. The van der Waals surface area contributed by atoms with Crippen molar-refractivity contribution in [3.63, 3.8) is 0 Å². The number of nitrogens with zero attached hydrogens (tertiary/aromatic N) is 2. The number of halogens is 3. The Hall–Kier alpha value is -1.28. The number of hydrogen-bond donors (Lipinski definition) is 1. The van der Waals surface area contributed by atoms with Crippen molar-refractivity contribution in [2.24, 2.45) is 0 Å². The van der Waals surface area contributed by atoms with Gasteiger partial charge in [-0.1, -0.05) is 17.8 Å². The molecule has 0 aliphatic carbocycles. The molecule has 2 N–H and O–H groups in total. The molecule has 0 radical (unpaired) electrons. The summed E-state index contributed by atoms with van der Waals surface area (Å²) in [5.41, 5.74) is 4.99. The van der Waals surface area contributed by atoms with E-state index in [0.717, 1.165) is 17.6 Å². The summed E-state index contributed by atoms with van der Waals surface area (Å²) in [7, 11) is 0. The second kappa shape index (κ2) is 5.15. The number of nitrogens with two attached hydrogens (primary N) is 1. The summed E-state index contributed by atoms with van der Waals surface area (Å²) < 4.78 is 42.8. The molecular formula is C10H8F3N3S2. The molecule has 0 amide bonds. The van der Waals surface area contributed by atoms with E-state index in [9.17, 15) is 13.2 Å². The molecule has 0 saturated heterocycles. The molecule has 3 nitrogen and oxygen atoms in total. The van der Waals surface area contributed by atoms with Crippen LogP contribution in [0.2, 0.25) is 0 Å². The van der Waals surface area contributed by atoms with Crippen LogP contribution >= 0.6 is 23.3 Å². The second-order valence-corrected chi connectivity index (χ2v) is 5.41. The monoisotopic (exact) mass is 291 g/mol. The molecule has 0 fully saturated rings. The van der Waals surface area contributed by atoms with Crippen molar-refractivity contribution in [2.45, 2.75) is 16.3 Å². The van der Waals surface area contributed by atoms with Gasteiger partial charge in [-0.25, -0.2) is 4.98 Å². The van der Waals surface area contributed by atoms with E-state index in [1.807, 2.05) is 0 Å². The molecule has 96 valence electrons. The Morgan fingerprint density at radius 1 is 1.33 bits per heavy atom. The number of rotatable bonds is 3. The van der Waals surface area contributed by atoms with E-state index in [-0.39, 0.29) is 17.0 Å². The van der Waals surface area contributed by atoms with Crippen LogP contribution in [-0.4, -0.2) is 9.36 Å². The zero-order chi connectivity index (χ0) is 13.2. The van der Waals surface area contributed by atoms with Gasteiger partial charge >= 0.3 is 6.18 Å². The molecule has 8 heteroatoms. The topological polar surface area (TPSA) is 51.8 Å². The van der Waals surface area contributed by atoms with Crippen molar-refractivity contribution in [1.29, 1.82) is 0 Å². The minimum Gasteiger partial charge on any atom is -0.399 e. The zero-order valence-corrected chi connectivity index (χ0v) is 10.6. The van der Waals surface area contributed by atoms with Gasteiger partial charge in [0.2, 0.25) is 0 Å². The number of nitrogen functional groups attached to an aromatic ring is 1. The lowest BCUT2D eigenvalue weighted by Crippen LogP contribution is -2.09. The van der Waals surface area contributed by atoms with Crippen LogP contribution in [0, 0.1) is 0 Å². The standard InChI is InChI=1S/C10H8F3N3S2/c11-10(12,13)8-3-7(14)2-1-6(8)4-17-9-15-5-16-18-9/h1-3,5H,4,14H2. The van der Waals surface area contributed by atoms with Crippen molar-refractivity contribution < 1.29 is 13.2 Å². The van der Waals surface area contributed by atoms with E-state index in [1.165, 1.54) is 30.2 Å². The van der Waals surface area contributed by atoms with Crippen LogP contribution in [0.4, 0.5) is 18.9 Å². The highest BCUT2D eigenvalue weighted by atomic mass is 32.2. The molecule has 0 atom stereocenters. The van der Waals surface area contributed by atoms with Gasteiger partial charge in [-0.15, -0.1) is 0 Å². The van der Waals surface area contributed by atoms with E-state index >= 15 is 0 Å². The van der Waals surface area contributed by atoms with Crippen molar-refractivity contribution in [2.75, 3.05) is 5.73 Å². The average molecular weight is 291 g/mol. The fourth-order valence-corrected chi connectivity index (χ4v) is 2.80.